The van der Waals surface area contributed by atoms with Gasteiger partial charge in [0.2, 0.25) is 5.84 Å². The van der Waals surface area contributed by atoms with E-state index in [0.717, 1.165) is 29.8 Å². The Morgan fingerprint density at radius 2 is 2.12 bits per heavy atom. The van der Waals surface area contributed by atoms with E-state index in [-0.39, 0.29) is 5.56 Å². The molecule has 2 aromatic rings. The molecule has 25 heavy (non-hydrogen) atoms. The highest BCUT2D eigenvalue weighted by Crippen LogP contribution is 2.07. The fraction of sp³-hybridized carbons (Fsp3) is 0.625. The van der Waals surface area contributed by atoms with Crippen LogP contribution in [0.2, 0.25) is 0 Å². The lowest BCUT2D eigenvalue weighted by Crippen LogP contribution is -2.38. The van der Waals surface area contributed by atoms with Crippen LogP contribution in [-0.2, 0) is 20.6 Å². The number of aryl methyl sites for hydroxylation is 2. The topological polar surface area (TPSA) is 97.1 Å². The van der Waals surface area contributed by atoms with Crippen LogP contribution in [0.25, 0.3) is 11.2 Å². The summed E-state index contributed by atoms with van der Waals surface area (Å²) >= 11 is 0. The largest absolute Gasteiger partial charge is 0.389 e. The van der Waals surface area contributed by atoms with E-state index in [9.17, 15) is 14.7 Å². The number of fused-ring (bicyclic) bond motifs is 1. The van der Waals surface area contributed by atoms with Crippen LogP contribution in [-0.4, -0.2) is 60.4 Å². The minimum absolute atomic E-state index is 0.365. The van der Waals surface area contributed by atoms with Crippen LogP contribution >= 0.6 is 0 Å². The van der Waals surface area contributed by atoms with Crippen molar-refractivity contribution < 1.29 is 9.68 Å². The summed E-state index contributed by atoms with van der Waals surface area (Å²) < 4.78 is 6.30. The first-order chi connectivity index (χ1) is 11.9. The number of imidazole rings is 1. The van der Waals surface area contributed by atoms with Gasteiger partial charge >= 0.3 is 5.69 Å². The van der Waals surface area contributed by atoms with Gasteiger partial charge in [-0.05, 0) is 12.8 Å². The van der Waals surface area contributed by atoms with E-state index in [1.807, 2.05) is 7.05 Å². The number of hydrogen-bond donors (Lipinski definition) is 2. The summed E-state index contributed by atoms with van der Waals surface area (Å²) in [5.41, 5.74) is -0.0189. The molecule has 136 valence electrons. The first kappa shape index (κ1) is 17.4. The third kappa shape index (κ3) is 3.23. The zero-order chi connectivity index (χ0) is 18.1. The van der Waals surface area contributed by atoms with Gasteiger partial charge < -0.3 is 9.67 Å². The van der Waals surface area contributed by atoms with E-state index in [1.165, 1.54) is 11.6 Å². The summed E-state index contributed by atoms with van der Waals surface area (Å²) in [6.07, 6.45) is 3.65. The molecule has 1 atom stereocenters. The highest BCUT2D eigenvalue weighted by Gasteiger charge is 2.19. The van der Waals surface area contributed by atoms with E-state index in [2.05, 4.69) is 14.9 Å². The average Bonchev–Trinajstić information content (AvgIpc) is 3.20. The maximum atomic E-state index is 12.4. The van der Waals surface area contributed by atoms with Crippen molar-refractivity contribution in [2.45, 2.75) is 31.9 Å². The molecule has 9 heteroatoms. The van der Waals surface area contributed by atoms with Crippen LogP contribution in [0.15, 0.2) is 15.9 Å². The predicted octanol–water partition coefficient (Wildman–Crippen LogP) is -1.39. The minimum atomic E-state index is -0.532. The van der Waals surface area contributed by atoms with Crippen LogP contribution in [0, 0.1) is 0 Å². The van der Waals surface area contributed by atoms with Gasteiger partial charge in [-0.1, -0.05) is 0 Å². The highest BCUT2D eigenvalue weighted by atomic mass is 16.3. The molecule has 0 amide bonds. The SMILES string of the molecule is Cn1c(=O)c2c(ncn2CCC(O)CNC2=[N+](C)CCC2)n(C)c1=O. The van der Waals surface area contributed by atoms with E-state index in [0.29, 0.717) is 30.7 Å². The lowest BCUT2D eigenvalue weighted by Gasteiger charge is -2.11. The Balaban J connectivity index is 1.70. The van der Waals surface area contributed by atoms with Gasteiger partial charge in [0.25, 0.3) is 5.56 Å². The monoisotopic (exact) mass is 349 g/mol. The maximum Gasteiger partial charge on any atom is 0.332 e. The normalized spacial score (nSPS) is 16.0. The molecule has 1 aliphatic rings. The number of aliphatic hydroxyl groups is 1. The van der Waals surface area contributed by atoms with Gasteiger partial charge in [0, 0.05) is 20.6 Å². The van der Waals surface area contributed by atoms with Gasteiger partial charge in [-0.15, -0.1) is 0 Å². The number of hydrogen-bond acceptors (Lipinski definition) is 5. The first-order valence-corrected chi connectivity index (χ1v) is 8.50. The van der Waals surface area contributed by atoms with E-state index >= 15 is 0 Å². The third-order valence-electron chi connectivity index (χ3n) is 4.83. The molecule has 0 saturated carbocycles. The second-order valence-electron chi connectivity index (χ2n) is 6.61. The quantitative estimate of drug-likeness (QED) is 0.648. The lowest BCUT2D eigenvalue weighted by molar-refractivity contribution is -0.490. The molecule has 2 aromatic heterocycles. The molecule has 0 spiro atoms. The van der Waals surface area contributed by atoms with E-state index in [1.54, 1.807) is 17.9 Å². The number of aromatic nitrogens is 4. The average molecular weight is 349 g/mol. The van der Waals surface area contributed by atoms with Crippen LogP contribution in [0.1, 0.15) is 19.3 Å². The standard InChI is InChI=1S/C16H24N6O3/c1-19-7-4-5-12(19)17-9-11(23)6-8-22-10-18-14-13(22)15(24)21(3)16(25)20(14)2/h10-11,23H,4-9H2,1-3H3/p+1. The Labute approximate surface area is 144 Å². The number of amidine groups is 1. The Bertz CT molecular complexity index is 936. The van der Waals surface area contributed by atoms with Gasteiger partial charge in [0.05, 0.1) is 32.4 Å². The second-order valence-corrected chi connectivity index (χ2v) is 6.61. The molecule has 9 nitrogen and oxygen atoms in total. The number of nitrogens with zero attached hydrogens (tertiary/aromatic N) is 5. The maximum absolute atomic E-state index is 12.4. The molecule has 2 N–H and O–H groups in total. The van der Waals surface area contributed by atoms with Gasteiger partial charge in [-0.2, -0.15) is 0 Å². The van der Waals surface area contributed by atoms with Crippen LogP contribution in [0.4, 0.5) is 0 Å². The summed E-state index contributed by atoms with van der Waals surface area (Å²) in [6, 6.07) is 0. The molecular formula is C16H25N6O3+. The molecular weight excluding hydrogens is 324 g/mol. The van der Waals surface area contributed by atoms with Crippen molar-refractivity contribution in [1.29, 1.82) is 0 Å². The van der Waals surface area contributed by atoms with Crippen LogP contribution in [0.5, 0.6) is 0 Å². The summed E-state index contributed by atoms with van der Waals surface area (Å²) in [5, 5.41) is 13.5. The third-order valence-corrected chi connectivity index (χ3v) is 4.83. The molecule has 3 rings (SSSR count). The number of aliphatic hydroxyl groups excluding tert-OH is 1. The molecule has 1 unspecified atom stereocenters. The van der Waals surface area contributed by atoms with Gasteiger partial charge in [0.1, 0.15) is 6.54 Å². The predicted molar refractivity (Wildman–Crippen MR) is 94.1 cm³/mol. The summed E-state index contributed by atoms with van der Waals surface area (Å²) in [6.45, 7) is 1.97. The molecule has 0 aliphatic carbocycles. The molecule has 1 aliphatic heterocycles. The first-order valence-electron chi connectivity index (χ1n) is 8.50. The van der Waals surface area contributed by atoms with Crippen LogP contribution < -0.4 is 16.6 Å². The minimum Gasteiger partial charge on any atom is -0.389 e. The molecule has 3 heterocycles. The smallest absolute Gasteiger partial charge is 0.332 e. The zero-order valence-electron chi connectivity index (χ0n) is 14.9. The summed E-state index contributed by atoms with van der Waals surface area (Å²) in [7, 11) is 5.09. The molecule has 0 fully saturated rings. The Morgan fingerprint density at radius 3 is 2.80 bits per heavy atom. The highest BCUT2D eigenvalue weighted by molar-refractivity contribution is 5.78. The Morgan fingerprint density at radius 1 is 1.36 bits per heavy atom. The fourth-order valence-corrected chi connectivity index (χ4v) is 3.23. The van der Waals surface area contributed by atoms with Crippen molar-refractivity contribution in [3.63, 3.8) is 0 Å². The van der Waals surface area contributed by atoms with Crippen LogP contribution in [0.3, 0.4) is 0 Å². The van der Waals surface area contributed by atoms with Crippen molar-refractivity contribution in [2.75, 3.05) is 20.1 Å². The van der Waals surface area contributed by atoms with E-state index in [4.69, 9.17) is 0 Å². The number of nitrogens with one attached hydrogen (secondary N) is 1. The van der Waals surface area contributed by atoms with E-state index < -0.39 is 11.8 Å². The number of rotatable bonds is 5. The molecule has 0 aromatic carbocycles. The van der Waals surface area contributed by atoms with Gasteiger partial charge in [-0.25, -0.2) is 9.78 Å². The summed E-state index contributed by atoms with van der Waals surface area (Å²) in [4.78, 5) is 28.5. The van der Waals surface area contributed by atoms with Crippen molar-refractivity contribution in [1.82, 2.24) is 24.0 Å². The van der Waals surface area contributed by atoms with Gasteiger partial charge in [0.15, 0.2) is 11.2 Å². The van der Waals surface area contributed by atoms with Crippen molar-refractivity contribution in [2.24, 2.45) is 14.1 Å². The van der Waals surface area contributed by atoms with Crippen molar-refractivity contribution in [3.8, 4) is 0 Å². The Hall–Kier alpha value is -2.42. The van der Waals surface area contributed by atoms with Gasteiger partial charge in [-0.3, -0.25) is 23.8 Å². The lowest BCUT2D eigenvalue weighted by atomic mass is 10.2. The van der Waals surface area contributed by atoms with Crippen molar-refractivity contribution >= 4 is 17.0 Å². The molecule has 0 radical (unpaired) electrons. The molecule has 0 bridgehead atoms. The Kier molecular flexibility index (Phi) is 4.76. The fourth-order valence-electron chi connectivity index (χ4n) is 3.23. The molecule has 0 saturated heterocycles. The van der Waals surface area contributed by atoms with Crippen molar-refractivity contribution in [3.05, 3.63) is 27.2 Å². The second kappa shape index (κ2) is 6.83. The summed E-state index contributed by atoms with van der Waals surface area (Å²) in [5.74, 6) is 1.16. The zero-order valence-corrected chi connectivity index (χ0v) is 14.9.